The number of hydrogen-bond acceptors (Lipinski definition) is 3. The molecule has 2 aromatic carbocycles. The van der Waals surface area contributed by atoms with E-state index in [0.717, 1.165) is 36.3 Å². The summed E-state index contributed by atoms with van der Waals surface area (Å²) in [5, 5.41) is 5.83. The lowest BCUT2D eigenvalue weighted by atomic mass is 10.1. The standard InChI is InChI=1S/C21H24N2O3/c1-14-5-3-6-15(2)19(14)23-21(25)17-10-8-16(9-11-17)20(24)22-13-18-7-4-12-26-18/h3,5-6,8-11,18H,4,7,12-13H2,1-2H3,(H,22,24)(H,23,25). The topological polar surface area (TPSA) is 67.4 Å². The van der Waals surface area contributed by atoms with Gasteiger partial charge in [-0.3, -0.25) is 9.59 Å². The zero-order valence-corrected chi connectivity index (χ0v) is 15.2. The first-order valence-corrected chi connectivity index (χ1v) is 8.92. The van der Waals surface area contributed by atoms with Gasteiger partial charge in [-0.1, -0.05) is 18.2 Å². The SMILES string of the molecule is Cc1cccc(C)c1NC(=O)c1ccc(C(=O)NCC2CCCO2)cc1. The molecule has 3 rings (SSSR count). The van der Waals surface area contributed by atoms with Crippen molar-refractivity contribution in [3.8, 4) is 0 Å². The number of benzene rings is 2. The number of nitrogens with one attached hydrogen (secondary N) is 2. The minimum absolute atomic E-state index is 0.112. The Bertz CT molecular complexity index is 773. The zero-order chi connectivity index (χ0) is 18.5. The summed E-state index contributed by atoms with van der Waals surface area (Å²) in [4.78, 5) is 24.7. The van der Waals surface area contributed by atoms with Crippen LogP contribution in [-0.4, -0.2) is 31.1 Å². The lowest BCUT2D eigenvalue weighted by Gasteiger charge is -2.12. The van der Waals surface area contributed by atoms with Crippen LogP contribution >= 0.6 is 0 Å². The van der Waals surface area contributed by atoms with Crippen LogP contribution in [0.15, 0.2) is 42.5 Å². The van der Waals surface area contributed by atoms with E-state index in [9.17, 15) is 9.59 Å². The van der Waals surface area contributed by atoms with Crippen molar-refractivity contribution in [3.05, 3.63) is 64.7 Å². The van der Waals surface area contributed by atoms with E-state index in [1.165, 1.54) is 0 Å². The van der Waals surface area contributed by atoms with E-state index in [1.807, 2.05) is 32.0 Å². The molecular weight excluding hydrogens is 328 g/mol. The fourth-order valence-electron chi connectivity index (χ4n) is 3.08. The molecule has 0 spiro atoms. The first-order chi connectivity index (χ1) is 12.5. The summed E-state index contributed by atoms with van der Waals surface area (Å²) in [6.07, 6.45) is 2.14. The van der Waals surface area contributed by atoms with Crippen molar-refractivity contribution in [3.63, 3.8) is 0 Å². The average molecular weight is 352 g/mol. The van der Waals surface area contributed by atoms with Gasteiger partial charge in [0.1, 0.15) is 0 Å². The van der Waals surface area contributed by atoms with E-state index in [-0.39, 0.29) is 17.9 Å². The van der Waals surface area contributed by atoms with Crippen LogP contribution in [0.4, 0.5) is 5.69 Å². The molecule has 2 amide bonds. The van der Waals surface area contributed by atoms with Gasteiger partial charge in [-0.2, -0.15) is 0 Å². The zero-order valence-electron chi connectivity index (χ0n) is 15.2. The van der Waals surface area contributed by atoms with E-state index in [2.05, 4.69) is 10.6 Å². The molecule has 0 radical (unpaired) electrons. The monoisotopic (exact) mass is 352 g/mol. The number of carbonyl (C=O) groups is 2. The van der Waals surface area contributed by atoms with Gasteiger partial charge < -0.3 is 15.4 Å². The lowest BCUT2D eigenvalue weighted by Crippen LogP contribution is -2.31. The summed E-state index contributed by atoms with van der Waals surface area (Å²) in [5.41, 5.74) is 3.91. The van der Waals surface area contributed by atoms with Gasteiger partial charge in [-0.05, 0) is 62.1 Å². The average Bonchev–Trinajstić information content (AvgIpc) is 3.16. The van der Waals surface area contributed by atoms with Crippen LogP contribution in [0.3, 0.4) is 0 Å². The molecule has 2 N–H and O–H groups in total. The Balaban J connectivity index is 1.61. The third kappa shape index (κ3) is 4.29. The van der Waals surface area contributed by atoms with Crippen LogP contribution in [0.1, 0.15) is 44.7 Å². The Morgan fingerprint density at radius 1 is 1.00 bits per heavy atom. The molecule has 1 atom stereocenters. The van der Waals surface area contributed by atoms with Crippen LogP contribution < -0.4 is 10.6 Å². The van der Waals surface area contributed by atoms with Gasteiger partial charge in [0.25, 0.3) is 11.8 Å². The van der Waals surface area contributed by atoms with Gasteiger partial charge in [-0.15, -0.1) is 0 Å². The molecule has 1 saturated heterocycles. The number of ether oxygens (including phenoxy) is 1. The summed E-state index contributed by atoms with van der Waals surface area (Å²) < 4.78 is 5.50. The number of carbonyl (C=O) groups excluding carboxylic acids is 2. The van der Waals surface area contributed by atoms with Gasteiger partial charge in [-0.25, -0.2) is 0 Å². The maximum absolute atomic E-state index is 12.5. The van der Waals surface area contributed by atoms with Crippen molar-refractivity contribution in [1.82, 2.24) is 5.32 Å². The predicted molar refractivity (Wildman–Crippen MR) is 102 cm³/mol. The Morgan fingerprint density at radius 2 is 1.62 bits per heavy atom. The molecule has 1 fully saturated rings. The highest BCUT2D eigenvalue weighted by atomic mass is 16.5. The Labute approximate surface area is 153 Å². The summed E-state index contributed by atoms with van der Waals surface area (Å²) >= 11 is 0. The van der Waals surface area contributed by atoms with Gasteiger partial charge in [0.2, 0.25) is 0 Å². The summed E-state index contributed by atoms with van der Waals surface area (Å²) in [7, 11) is 0. The molecule has 0 aromatic heterocycles. The van der Waals surface area contributed by atoms with Crippen molar-refractivity contribution >= 4 is 17.5 Å². The predicted octanol–water partition coefficient (Wildman–Crippen LogP) is 3.46. The maximum atomic E-state index is 12.5. The number of amides is 2. The van der Waals surface area contributed by atoms with Crippen molar-refractivity contribution in [2.24, 2.45) is 0 Å². The summed E-state index contributed by atoms with van der Waals surface area (Å²) in [5.74, 6) is -0.337. The van der Waals surface area contributed by atoms with Crippen molar-refractivity contribution < 1.29 is 14.3 Å². The lowest BCUT2D eigenvalue weighted by molar-refractivity contribution is 0.0857. The minimum atomic E-state index is -0.186. The Morgan fingerprint density at radius 3 is 2.19 bits per heavy atom. The van der Waals surface area contributed by atoms with Crippen LogP contribution in [0.2, 0.25) is 0 Å². The van der Waals surface area contributed by atoms with Gasteiger partial charge >= 0.3 is 0 Å². The molecule has 1 unspecified atom stereocenters. The number of para-hydroxylation sites is 1. The third-order valence-corrected chi connectivity index (χ3v) is 4.64. The van der Waals surface area contributed by atoms with Crippen molar-refractivity contribution in [2.75, 3.05) is 18.5 Å². The van der Waals surface area contributed by atoms with Gasteiger partial charge in [0, 0.05) is 30.0 Å². The highest BCUT2D eigenvalue weighted by molar-refractivity contribution is 6.05. The maximum Gasteiger partial charge on any atom is 0.255 e. The highest BCUT2D eigenvalue weighted by Gasteiger charge is 2.17. The second-order valence-electron chi connectivity index (χ2n) is 6.64. The van der Waals surface area contributed by atoms with Crippen LogP contribution in [0.25, 0.3) is 0 Å². The molecule has 136 valence electrons. The number of aryl methyl sites for hydroxylation is 2. The molecule has 0 bridgehead atoms. The molecule has 0 saturated carbocycles. The summed E-state index contributed by atoms with van der Waals surface area (Å²) in [6, 6.07) is 12.6. The molecule has 26 heavy (non-hydrogen) atoms. The summed E-state index contributed by atoms with van der Waals surface area (Å²) in [6.45, 7) is 5.21. The van der Waals surface area contributed by atoms with E-state index in [0.29, 0.717) is 17.7 Å². The molecular formula is C21H24N2O3. The normalized spacial score (nSPS) is 16.3. The Kier molecular flexibility index (Phi) is 5.68. The van der Waals surface area contributed by atoms with Crippen LogP contribution in [-0.2, 0) is 4.74 Å². The van der Waals surface area contributed by atoms with E-state index in [1.54, 1.807) is 24.3 Å². The van der Waals surface area contributed by atoms with E-state index < -0.39 is 0 Å². The smallest absolute Gasteiger partial charge is 0.255 e. The van der Waals surface area contributed by atoms with Crippen molar-refractivity contribution in [2.45, 2.75) is 32.8 Å². The quantitative estimate of drug-likeness (QED) is 0.866. The number of anilines is 1. The fraction of sp³-hybridized carbons (Fsp3) is 0.333. The van der Waals surface area contributed by atoms with E-state index in [4.69, 9.17) is 4.74 Å². The molecule has 0 aliphatic carbocycles. The van der Waals surface area contributed by atoms with Gasteiger partial charge in [0.05, 0.1) is 6.10 Å². The largest absolute Gasteiger partial charge is 0.376 e. The number of hydrogen-bond donors (Lipinski definition) is 2. The van der Waals surface area contributed by atoms with Gasteiger partial charge in [0.15, 0.2) is 0 Å². The first kappa shape index (κ1) is 18.1. The Hall–Kier alpha value is -2.66. The van der Waals surface area contributed by atoms with Crippen LogP contribution in [0, 0.1) is 13.8 Å². The molecule has 5 nitrogen and oxygen atoms in total. The van der Waals surface area contributed by atoms with Crippen LogP contribution in [0.5, 0.6) is 0 Å². The fourth-order valence-corrected chi connectivity index (χ4v) is 3.08. The minimum Gasteiger partial charge on any atom is -0.376 e. The molecule has 5 heteroatoms. The first-order valence-electron chi connectivity index (χ1n) is 8.92. The molecule has 1 heterocycles. The second kappa shape index (κ2) is 8.15. The molecule has 1 aliphatic rings. The highest BCUT2D eigenvalue weighted by Crippen LogP contribution is 2.20. The second-order valence-corrected chi connectivity index (χ2v) is 6.64. The van der Waals surface area contributed by atoms with E-state index >= 15 is 0 Å². The molecule has 2 aromatic rings. The third-order valence-electron chi connectivity index (χ3n) is 4.64. The van der Waals surface area contributed by atoms with Crippen molar-refractivity contribution in [1.29, 1.82) is 0 Å². The number of rotatable bonds is 5. The molecule has 1 aliphatic heterocycles.